The van der Waals surface area contributed by atoms with Crippen LogP contribution in [0.4, 0.5) is 31.5 Å². The number of nitrogens with one attached hydrogen (secondary N) is 2. The van der Waals surface area contributed by atoms with E-state index in [9.17, 15) is 28.5 Å². The molecule has 0 bridgehead atoms. The lowest BCUT2D eigenvalue weighted by molar-refractivity contribution is -0.386. The van der Waals surface area contributed by atoms with Crippen molar-refractivity contribution in [3.8, 4) is 0 Å². The van der Waals surface area contributed by atoms with Gasteiger partial charge in [-0.15, -0.1) is 0 Å². The summed E-state index contributed by atoms with van der Waals surface area (Å²) in [5.41, 5.74) is 5.25. The van der Waals surface area contributed by atoms with Crippen molar-refractivity contribution in [2.75, 3.05) is 56.9 Å². The summed E-state index contributed by atoms with van der Waals surface area (Å²) in [6.45, 7) is 2.24. The van der Waals surface area contributed by atoms with Gasteiger partial charge in [0.2, 0.25) is 5.82 Å². The number of nitro benzene ring substituents is 1. The van der Waals surface area contributed by atoms with E-state index in [-0.39, 0.29) is 34.7 Å². The van der Waals surface area contributed by atoms with Gasteiger partial charge in [0.1, 0.15) is 11.5 Å². The molecule has 0 saturated carbocycles. The van der Waals surface area contributed by atoms with Crippen molar-refractivity contribution in [3.63, 3.8) is 0 Å². The molecule has 2 aromatic carbocycles. The quantitative estimate of drug-likeness (QED) is 0.186. The molecule has 0 spiro atoms. The fraction of sp³-hybridized carbons (Fsp3) is 0.417. The van der Waals surface area contributed by atoms with E-state index in [0.29, 0.717) is 25.4 Å². The van der Waals surface area contributed by atoms with Crippen molar-refractivity contribution in [1.82, 2.24) is 0 Å². The lowest BCUT2D eigenvalue weighted by Gasteiger charge is -2.27. The molecule has 2 saturated heterocycles. The summed E-state index contributed by atoms with van der Waals surface area (Å²) in [5.74, 6) is -3.09. The van der Waals surface area contributed by atoms with Crippen LogP contribution in [0, 0.1) is 21.7 Å². The zero-order chi connectivity index (χ0) is 27.8. The van der Waals surface area contributed by atoms with Crippen LogP contribution < -0.4 is 16.4 Å². The summed E-state index contributed by atoms with van der Waals surface area (Å²) in [7, 11) is 2.39. The molecule has 0 aliphatic carbocycles. The molecule has 2 aromatic rings. The number of carbonyl (C=O) groups excluding carboxylic acids is 2. The second-order valence-corrected chi connectivity index (χ2v) is 8.34. The average molecular weight is 539 g/mol. The van der Waals surface area contributed by atoms with E-state index in [1.54, 1.807) is 0 Å². The molecule has 2 aliphatic rings. The molecule has 2 fully saturated rings. The fourth-order valence-electron chi connectivity index (χ4n) is 3.49. The number of rotatable bonds is 9. The van der Waals surface area contributed by atoms with E-state index < -0.39 is 34.2 Å². The third kappa shape index (κ3) is 7.04. The van der Waals surface area contributed by atoms with Crippen LogP contribution in [-0.2, 0) is 18.9 Å². The second-order valence-electron chi connectivity index (χ2n) is 8.34. The van der Waals surface area contributed by atoms with E-state index in [4.69, 9.17) is 15.2 Å². The fourth-order valence-corrected chi connectivity index (χ4v) is 3.49. The van der Waals surface area contributed by atoms with Gasteiger partial charge in [-0.3, -0.25) is 10.1 Å². The summed E-state index contributed by atoms with van der Waals surface area (Å²) in [5, 5.41) is 16.6. The summed E-state index contributed by atoms with van der Waals surface area (Å²) in [6.07, 6.45) is 1.86. The van der Waals surface area contributed by atoms with E-state index in [0.717, 1.165) is 38.7 Å². The lowest BCUT2D eigenvalue weighted by atomic mass is 10.1. The number of nitro groups is 1. The Labute approximate surface area is 216 Å². The Morgan fingerprint density at radius 3 is 1.82 bits per heavy atom. The number of anilines is 3. The first kappa shape index (κ1) is 28.5. The number of carbonyl (C=O) groups is 2. The molecule has 0 radical (unpaired) electrons. The summed E-state index contributed by atoms with van der Waals surface area (Å²) >= 11 is 0. The predicted octanol–water partition coefficient (Wildman–Crippen LogP) is 3.12. The molecular formula is C24H28F2N4O8. The van der Waals surface area contributed by atoms with Crippen LogP contribution in [0.5, 0.6) is 0 Å². The van der Waals surface area contributed by atoms with E-state index in [1.807, 2.05) is 0 Å². The molecule has 0 aromatic heterocycles. The second kappa shape index (κ2) is 13.0. The maximum atomic E-state index is 13.8. The molecule has 0 amide bonds. The molecular weight excluding hydrogens is 510 g/mol. The summed E-state index contributed by atoms with van der Waals surface area (Å²) < 4.78 is 46.7. The van der Waals surface area contributed by atoms with Gasteiger partial charge in [-0.1, -0.05) is 0 Å². The minimum absolute atomic E-state index is 0.0121. The van der Waals surface area contributed by atoms with Crippen LogP contribution >= 0.6 is 0 Å². The molecule has 4 rings (SSSR count). The third-order valence-electron chi connectivity index (χ3n) is 5.84. The Bertz CT molecular complexity index is 1190. The number of methoxy groups -OCH3 is 2. The lowest BCUT2D eigenvalue weighted by Crippen LogP contribution is -2.33. The molecule has 206 valence electrons. The zero-order valence-corrected chi connectivity index (χ0v) is 20.8. The average Bonchev–Trinajstić information content (AvgIpc) is 2.83. The van der Waals surface area contributed by atoms with Gasteiger partial charge in [0, 0.05) is 26.3 Å². The van der Waals surface area contributed by atoms with Crippen LogP contribution in [0.1, 0.15) is 33.6 Å². The Balaban J connectivity index is 0.000000212. The normalized spacial score (nSPS) is 17.6. The number of hydrogen-bond acceptors (Lipinski definition) is 11. The van der Waals surface area contributed by atoms with Gasteiger partial charge in [0.25, 0.3) is 0 Å². The first-order valence-corrected chi connectivity index (χ1v) is 11.6. The van der Waals surface area contributed by atoms with Gasteiger partial charge in [-0.25, -0.2) is 14.0 Å². The number of nitrogens with zero attached hydrogens (tertiary/aromatic N) is 1. The van der Waals surface area contributed by atoms with Crippen molar-refractivity contribution in [2.24, 2.45) is 0 Å². The highest BCUT2D eigenvalue weighted by molar-refractivity contribution is 5.92. The number of hydrogen-bond donors (Lipinski definition) is 3. The Hall–Kier alpha value is -4.04. The van der Waals surface area contributed by atoms with Gasteiger partial charge in [-0.05, 0) is 37.1 Å². The maximum absolute atomic E-state index is 13.8. The topological polar surface area (TPSA) is 164 Å². The number of nitrogen functional groups attached to an aromatic ring is 1. The first-order chi connectivity index (χ1) is 18.1. The molecule has 2 heterocycles. The van der Waals surface area contributed by atoms with Crippen molar-refractivity contribution in [2.45, 2.75) is 25.0 Å². The molecule has 12 nitrogen and oxygen atoms in total. The van der Waals surface area contributed by atoms with E-state index >= 15 is 0 Å². The molecule has 2 atom stereocenters. The summed E-state index contributed by atoms with van der Waals surface area (Å²) in [4.78, 5) is 32.8. The zero-order valence-electron chi connectivity index (χ0n) is 20.8. The van der Waals surface area contributed by atoms with Crippen molar-refractivity contribution < 1.29 is 42.2 Å². The van der Waals surface area contributed by atoms with Crippen molar-refractivity contribution in [1.29, 1.82) is 0 Å². The van der Waals surface area contributed by atoms with E-state index in [2.05, 4.69) is 20.1 Å². The van der Waals surface area contributed by atoms with Gasteiger partial charge in [-0.2, -0.15) is 4.39 Å². The van der Waals surface area contributed by atoms with Crippen LogP contribution in [0.3, 0.4) is 0 Å². The largest absolute Gasteiger partial charge is 0.465 e. The molecule has 14 heteroatoms. The predicted molar refractivity (Wildman–Crippen MR) is 132 cm³/mol. The molecule has 2 aliphatic heterocycles. The monoisotopic (exact) mass is 538 g/mol. The van der Waals surface area contributed by atoms with Crippen molar-refractivity contribution >= 4 is 34.7 Å². The highest BCUT2D eigenvalue weighted by Gasteiger charge is 2.26. The Kier molecular flexibility index (Phi) is 9.73. The summed E-state index contributed by atoms with van der Waals surface area (Å²) in [6, 6.07) is 4.52. The standard InChI is InChI=1S/C12H13FN2O5.C12H15FN2O3/c1-19-12(16)7-4-9(13)11(15(17)18)10(5-7)14-6-8-2-3-20-8;1-17-12(16)7-4-9(13)11(14)10(5-7)15-6-8-2-3-18-8/h4-5,8,14H,2-3,6H2,1H3;4-5,8,15H,2-3,6,14H2,1H3/t2*8-/m00/s1. The molecule has 38 heavy (non-hydrogen) atoms. The number of benzene rings is 2. The van der Waals surface area contributed by atoms with Crippen LogP contribution in [-0.4, -0.2) is 69.6 Å². The highest BCUT2D eigenvalue weighted by atomic mass is 19.1. The minimum atomic E-state index is -1.09. The van der Waals surface area contributed by atoms with Gasteiger partial charge < -0.3 is 35.3 Å². The Morgan fingerprint density at radius 2 is 1.39 bits per heavy atom. The van der Waals surface area contributed by atoms with E-state index in [1.165, 1.54) is 19.2 Å². The SMILES string of the molecule is COC(=O)c1cc(F)c(N)c(NC[C@@H]2CCO2)c1.COC(=O)c1cc(F)c([N+](=O)[O-])c(NC[C@@H]2CCO2)c1. The first-order valence-electron chi connectivity index (χ1n) is 11.6. The van der Waals surface area contributed by atoms with Crippen molar-refractivity contribution in [3.05, 3.63) is 57.1 Å². The Morgan fingerprint density at radius 1 is 0.947 bits per heavy atom. The van der Waals surface area contributed by atoms with Crippen LogP contribution in [0.25, 0.3) is 0 Å². The van der Waals surface area contributed by atoms with Gasteiger partial charge in [0.15, 0.2) is 0 Å². The smallest absolute Gasteiger partial charge is 0.338 e. The molecule has 4 N–H and O–H groups in total. The van der Waals surface area contributed by atoms with Gasteiger partial charge >= 0.3 is 17.6 Å². The van der Waals surface area contributed by atoms with Crippen LogP contribution in [0.2, 0.25) is 0 Å². The highest BCUT2D eigenvalue weighted by Crippen LogP contribution is 2.30. The molecule has 0 unspecified atom stereocenters. The van der Waals surface area contributed by atoms with Crippen LogP contribution in [0.15, 0.2) is 24.3 Å². The number of esters is 2. The third-order valence-corrected chi connectivity index (χ3v) is 5.84. The number of halogens is 2. The maximum Gasteiger partial charge on any atom is 0.338 e. The minimum Gasteiger partial charge on any atom is -0.465 e. The number of ether oxygens (including phenoxy) is 4. The van der Waals surface area contributed by atoms with Gasteiger partial charge in [0.05, 0.1) is 53.9 Å². The number of nitrogens with two attached hydrogens (primary N) is 1.